The Morgan fingerprint density at radius 2 is 1.52 bits per heavy atom. The molecule has 21 heavy (non-hydrogen) atoms. The van der Waals surface area contributed by atoms with Crippen LogP contribution in [0.5, 0.6) is 0 Å². The molecule has 9 heteroatoms. The maximum absolute atomic E-state index is 12.4. The third kappa shape index (κ3) is 4.06. The van der Waals surface area contributed by atoms with Crippen molar-refractivity contribution in [2.45, 2.75) is 4.90 Å². The van der Waals surface area contributed by atoms with Gasteiger partial charge >= 0.3 is 0 Å². The van der Waals surface area contributed by atoms with E-state index in [4.69, 9.17) is 34.8 Å². The van der Waals surface area contributed by atoms with Crippen LogP contribution in [0.1, 0.15) is 0 Å². The van der Waals surface area contributed by atoms with Crippen molar-refractivity contribution in [1.82, 2.24) is 0 Å². The zero-order chi connectivity index (χ0) is 15.8. The van der Waals surface area contributed by atoms with Crippen molar-refractivity contribution in [2.24, 2.45) is 0 Å². The van der Waals surface area contributed by atoms with E-state index in [1.807, 2.05) is 0 Å². The molecule has 0 bridgehead atoms. The van der Waals surface area contributed by atoms with Crippen molar-refractivity contribution >= 4 is 82.4 Å². The molecule has 0 aliphatic carbocycles. The number of rotatable bonds is 3. The second-order valence-electron chi connectivity index (χ2n) is 3.93. The van der Waals surface area contributed by atoms with E-state index in [1.165, 1.54) is 18.2 Å². The average Bonchev–Trinajstić information content (AvgIpc) is 2.35. The van der Waals surface area contributed by atoms with Gasteiger partial charge in [0, 0.05) is 8.95 Å². The summed E-state index contributed by atoms with van der Waals surface area (Å²) in [5.74, 6) is 0. The normalized spacial score (nSPS) is 11.5. The van der Waals surface area contributed by atoms with Crippen molar-refractivity contribution in [2.75, 3.05) is 4.72 Å². The molecular formula is C12H6Br2Cl3NO2S. The minimum absolute atomic E-state index is 0.0767. The van der Waals surface area contributed by atoms with Crippen LogP contribution in [0.2, 0.25) is 15.1 Å². The standard InChI is InChI=1S/C12H6Br2Cl3NO2S/c13-6-1-2-12(7(14)3-6)21(19,20)18-11-5-9(16)8(15)4-10(11)17/h1-5,18H. The lowest BCUT2D eigenvalue weighted by molar-refractivity contribution is 0.600. The van der Waals surface area contributed by atoms with E-state index in [2.05, 4.69) is 36.6 Å². The molecule has 2 rings (SSSR count). The third-order valence-corrected chi connectivity index (χ3v) is 6.31. The largest absolute Gasteiger partial charge is 0.278 e. The molecule has 2 aromatic carbocycles. The van der Waals surface area contributed by atoms with Crippen LogP contribution in [0.25, 0.3) is 0 Å². The van der Waals surface area contributed by atoms with Crippen molar-refractivity contribution in [3.05, 3.63) is 54.3 Å². The van der Waals surface area contributed by atoms with Crippen LogP contribution < -0.4 is 4.72 Å². The van der Waals surface area contributed by atoms with E-state index < -0.39 is 10.0 Å². The number of benzene rings is 2. The lowest BCUT2D eigenvalue weighted by Gasteiger charge is -2.12. The van der Waals surface area contributed by atoms with Gasteiger partial charge in [0.25, 0.3) is 10.0 Å². The van der Waals surface area contributed by atoms with E-state index in [0.29, 0.717) is 4.47 Å². The van der Waals surface area contributed by atoms with E-state index in [0.717, 1.165) is 4.47 Å². The fraction of sp³-hybridized carbons (Fsp3) is 0. The highest BCUT2D eigenvalue weighted by Gasteiger charge is 2.19. The monoisotopic (exact) mass is 491 g/mol. The van der Waals surface area contributed by atoms with Crippen molar-refractivity contribution in [3.63, 3.8) is 0 Å². The van der Waals surface area contributed by atoms with Gasteiger partial charge in [-0.1, -0.05) is 50.7 Å². The van der Waals surface area contributed by atoms with E-state index in [9.17, 15) is 8.42 Å². The van der Waals surface area contributed by atoms with Gasteiger partial charge in [-0.25, -0.2) is 8.42 Å². The molecule has 0 aromatic heterocycles. The second kappa shape index (κ2) is 6.64. The molecule has 112 valence electrons. The molecule has 3 nitrogen and oxygen atoms in total. The van der Waals surface area contributed by atoms with Crippen LogP contribution in [-0.2, 0) is 10.0 Å². The Bertz CT molecular complexity index is 812. The molecule has 0 amide bonds. The first-order valence-electron chi connectivity index (χ1n) is 5.33. The molecule has 0 aliphatic heterocycles. The van der Waals surface area contributed by atoms with Gasteiger partial charge in [0.15, 0.2) is 0 Å². The topological polar surface area (TPSA) is 46.2 Å². The molecule has 0 radical (unpaired) electrons. The van der Waals surface area contributed by atoms with Crippen LogP contribution in [-0.4, -0.2) is 8.42 Å². The fourth-order valence-electron chi connectivity index (χ4n) is 1.49. The van der Waals surface area contributed by atoms with Gasteiger partial charge in [-0.3, -0.25) is 4.72 Å². The SMILES string of the molecule is O=S(=O)(Nc1cc(Cl)c(Cl)cc1Cl)c1ccc(Br)cc1Br. The highest BCUT2D eigenvalue weighted by Crippen LogP contribution is 2.34. The Hall–Kier alpha value is 0.0200. The summed E-state index contributed by atoms with van der Waals surface area (Å²) in [7, 11) is -3.82. The molecule has 0 atom stereocenters. The Kier molecular flexibility index (Phi) is 5.50. The van der Waals surface area contributed by atoms with Gasteiger partial charge < -0.3 is 0 Å². The quantitative estimate of drug-likeness (QED) is 0.535. The van der Waals surface area contributed by atoms with Crippen LogP contribution in [0.4, 0.5) is 5.69 Å². The Labute approximate surface area is 153 Å². The molecule has 0 fully saturated rings. The van der Waals surface area contributed by atoms with Gasteiger partial charge in [-0.15, -0.1) is 0 Å². The first kappa shape index (κ1) is 17.4. The third-order valence-electron chi connectivity index (χ3n) is 2.44. The molecule has 0 unspecified atom stereocenters. The first-order chi connectivity index (χ1) is 9.70. The minimum Gasteiger partial charge on any atom is -0.278 e. The zero-order valence-electron chi connectivity index (χ0n) is 10.0. The predicted octanol–water partition coefficient (Wildman–Crippen LogP) is 5.97. The van der Waals surface area contributed by atoms with Crippen molar-refractivity contribution in [3.8, 4) is 0 Å². The molecule has 0 heterocycles. The minimum atomic E-state index is -3.82. The summed E-state index contributed by atoms with van der Waals surface area (Å²) in [5, 5.41) is 0.601. The van der Waals surface area contributed by atoms with E-state index >= 15 is 0 Å². The van der Waals surface area contributed by atoms with Crippen LogP contribution in [0.15, 0.2) is 44.2 Å². The number of nitrogens with one attached hydrogen (secondary N) is 1. The van der Waals surface area contributed by atoms with Crippen molar-refractivity contribution in [1.29, 1.82) is 0 Å². The first-order valence-corrected chi connectivity index (χ1v) is 9.53. The maximum Gasteiger partial charge on any atom is 0.263 e. The van der Waals surface area contributed by atoms with Crippen molar-refractivity contribution < 1.29 is 8.42 Å². The number of anilines is 1. The van der Waals surface area contributed by atoms with Gasteiger partial charge in [-0.05, 0) is 46.3 Å². The number of sulfonamides is 1. The van der Waals surface area contributed by atoms with Gasteiger partial charge in [-0.2, -0.15) is 0 Å². The predicted molar refractivity (Wildman–Crippen MR) is 94.1 cm³/mol. The van der Waals surface area contributed by atoms with E-state index in [1.54, 1.807) is 12.1 Å². The molecule has 0 spiro atoms. The van der Waals surface area contributed by atoms with Gasteiger partial charge in [0.05, 0.1) is 20.8 Å². The van der Waals surface area contributed by atoms with Crippen LogP contribution >= 0.6 is 66.7 Å². The van der Waals surface area contributed by atoms with Gasteiger partial charge in [0.2, 0.25) is 0 Å². The number of hydrogen-bond acceptors (Lipinski definition) is 2. The molecule has 0 saturated heterocycles. The number of hydrogen-bond donors (Lipinski definition) is 1. The molecule has 0 saturated carbocycles. The summed E-state index contributed by atoms with van der Waals surface area (Å²) in [4.78, 5) is 0.0767. The van der Waals surface area contributed by atoms with Crippen LogP contribution in [0, 0.1) is 0 Å². The highest BCUT2D eigenvalue weighted by atomic mass is 79.9. The lowest BCUT2D eigenvalue weighted by Crippen LogP contribution is -2.14. The zero-order valence-corrected chi connectivity index (χ0v) is 16.3. The van der Waals surface area contributed by atoms with Crippen LogP contribution in [0.3, 0.4) is 0 Å². The Morgan fingerprint density at radius 1 is 0.905 bits per heavy atom. The average molecular weight is 494 g/mol. The van der Waals surface area contributed by atoms with Gasteiger partial charge in [0.1, 0.15) is 4.90 Å². The summed E-state index contributed by atoms with van der Waals surface area (Å²) in [6.45, 7) is 0. The molecule has 2 aromatic rings. The lowest BCUT2D eigenvalue weighted by atomic mass is 10.3. The maximum atomic E-state index is 12.4. The highest BCUT2D eigenvalue weighted by molar-refractivity contribution is 9.11. The summed E-state index contributed by atoms with van der Waals surface area (Å²) in [5.41, 5.74) is 0.154. The van der Waals surface area contributed by atoms with E-state index in [-0.39, 0.29) is 25.7 Å². The summed E-state index contributed by atoms with van der Waals surface area (Å²) < 4.78 is 28.3. The molecular weight excluding hydrogens is 488 g/mol. The molecule has 0 aliphatic rings. The Balaban J connectivity index is 2.45. The number of halogens is 5. The fourth-order valence-corrected chi connectivity index (χ4v) is 4.96. The summed E-state index contributed by atoms with van der Waals surface area (Å²) >= 11 is 24.1. The smallest absolute Gasteiger partial charge is 0.263 e. The molecule has 1 N–H and O–H groups in total. The second-order valence-corrected chi connectivity index (χ2v) is 8.57. The Morgan fingerprint density at radius 3 is 2.14 bits per heavy atom. The summed E-state index contributed by atoms with van der Waals surface area (Å²) in [6, 6.07) is 7.44. The summed E-state index contributed by atoms with van der Waals surface area (Å²) in [6.07, 6.45) is 0.